The summed E-state index contributed by atoms with van der Waals surface area (Å²) in [6, 6.07) is 12.3. The second-order valence-electron chi connectivity index (χ2n) is 7.81. The highest BCUT2D eigenvalue weighted by molar-refractivity contribution is 7.89. The van der Waals surface area contributed by atoms with Gasteiger partial charge in [0, 0.05) is 19.0 Å². The van der Waals surface area contributed by atoms with Crippen LogP contribution in [-0.4, -0.2) is 45.9 Å². The summed E-state index contributed by atoms with van der Waals surface area (Å²) >= 11 is 0. The molecular weight excluding hydrogens is 416 g/mol. The van der Waals surface area contributed by atoms with Crippen LogP contribution in [0.25, 0.3) is 0 Å². The van der Waals surface area contributed by atoms with Crippen molar-refractivity contribution in [3.8, 4) is 11.5 Å². The average Bonchev–Trinajstić information content (AvgIpc) is 2.79. The lowest BCUT2D eigenvalue weighted by Crippen LogP contribution is -2.43. The largest absolute Gasteiger partial charge is 0.497 e. The van der Waals surface area contributed by atoms with Crippen LogP contribution in [0, 0.1) is 12.8 Å². The second kappa shape index (κ2) is 9.70. The first kappa shape index (κ1) is 23.1. The van der Waals surface area contributed by atoms with Gasteiger partial charge in [0.15, 0.2) is 0 Å². The van der Waals surface area contributed by atoms with Crippen molar-refractivity contribution in [2.45, 2.75) is 37.6 Å². The molecule has 2 aromatic rings. The lowest BCUT2D eigenvalue weighted by molar-refractivity contribution is -0.126. The first-order chi connectivity index (χ1) is 14.8. The summed E-state index contributed by atoms with van der Waals surface area (Å²) in [7, 11) is -0.426. The highest BCUT2D eigenvalue weighted by Crippen LogP contribution is 2.28. The maximum absolute atomic E-state index is 13.0. The molecule has 1 saturated heterocycles. The van der Waals surface area contributed by atoms with Crippen LogP contribution in [0.3, 0.4) is 0 Å². The van der Waals surface area contributed by atoms with Gasteiger partial charge in [-0.1, -0.05) is 12.1 Å². The van der Waals surface area contributed by atoms with E-state index in [1.807, 2.05) is 38.1 Å². The van der Waals surface area contributed by atoms with E-state index in [9.17, 15) is 13.2 Å². The standard InChI is InChI=1S/C23H30N2O5S/c1-16-15-21(9-10-22(16)30-4)31(27,28)25-13-11-19(12-14-25)23(26)24-17(2)18-5-7-20(29-3)8-6-18/h5-10,15,17,19H,11-14H2,1-4H3,(H,24,26). The molecule has 8 heteroatoms. The Bertz CT molecular complexity index is 1010. The van der Waals surface area contributed by atoms with E-state index in [-0.39, 0.29) is 22.8 Å². The van der Waals surface area contributed by atoms with Gasteiger partial charge in [0.2, 0.25) is 15.9 Å². The fraction of sp³-hybridized carbons (Fsp3) is 0.435. The van der Waals surface area contributed by atoms with Crippen LogP contribution in [0.15, 0.2) is 47.4 Å². The van der Waals surface area contributed by atoms with Crippen molar-refractivity contribution in [3.63, 3.8) is 0 Å². The Kier molecular flexibility index (Phi) is 7.23. The SMILES string of the molecule is COc1ccc(C(C)NC(=O)C2CCN(S(=O)(=O)c3ccc(OC)c(C)c3)CC2)cc1. The number of amides is 1. The number of carbonyl (C=O) groups excluding carboxylic acids is 1. The lowest BCUT2D eigenvalue weighted by atomic mass is 9.96. The van der Waals surface area contributed by atoms with Crippen molar-refractivity contribution >= 4 is 15.9 Å². The molecule has 2 aromatic carbocycles. The molecular formula is C23H30N2O5S. The molecule has 168 valence electrons. The van der Waals surface area contributed by atoms with Crippen molar-refractivity contribution in [3.05, 3.63) is 53.6 Å². The molecule has 0 saturated carbocycles. The predicted octanol–water partition coefficient (Wildman–Crippen LogP) is 3.29. The van der Waals surface area contributed by atoms with Gasteiger partial charge in [-0.25, -0.2) is 8.42 Å². The molecule has 1 heterocycles. The predicted molar refractivity (Wildman–Crippen MR) is 119 cm³/mol. The summed E-state index contributed by atoms with van der Waals surface area (Å²) in [5.41, 5.74) is 1.76. The van der Waals surface area contributed by atoms with Gasteiger partial charge in [0.25, 0.3) is 0 Å². The number of carbonyl (C=O) groups is 1. The Morgan fingerprint density at radius 3 is 2.26 bits per heavy atom. The number of ether oxygens (including phenoxy) is 2. The Balaban J connectivity index is 1.59. The quantitative estimate of drug-likeness (QED) is 0.706. The van der Waals surface area contributed by atoms with Crippen LogP contribution in [0.4, 0.5) is 0 Å². The summed E-state index contributed by atoms with van der Waals surface area (Å²) in [4.78, 5) is 13.0. The summed E-state index contributed by atoms with van der Waals surface area (Å²) in [6.07, 6.45) is 0.991. The monoisotopic (exact) mass is 446 g/mol. The third-order valence-corrected chi connectivity index (χ3v) is 7.70. The van der Waals surface area contributed by atoms with Crippen LogP contribution in [0.2, 0.25) is 0 Å². The average molecular weight is 447 g/mol. The number of aryl methyl sites for hydroxylation is 1. The minimum absolute atomic E-state index is 0.0411. The van der Waals surface area contributed by atoms with Gasteiger partial charge >= 0.3 is 0 Å². The zero-order valence-electron chi connectivity index (χ0n) is 18.4. The molecule has 31 heavy (non-hydrogen) atoms. The van der Waals surface area contributed by atoms with Gasteiger partial charge in [-0.2, -0.15) is 4.31 Å². The molecule has 0 aliphatic carbocycles. The zero-order chi connectivity index (χ0) is 22.6. The number of methoxy groups -OCH3 is 2. The van der Waals surface area contributed by atoms with Crippen LogP contribution in [0.1, 0.15) is 36.9 Å². The maximum atomic E-state index is 13.0. The number of sulfonamides is 1. The topological polar surface area (TPSA) is 84.9 Å². The van der Waals surface area contributed by atoms with Gasteiger partial charge in [0.05, 0.1) is 25.2 Å². The summed E-state index contributed by atoms with van der Waals surface area (Å²) in [6.45, 7) is 4.40. The minimum atomic E-state index is -3.60. The maximum Gasteiger partial charge on any atom is 0.243 e. The molecule has 1 fully saturated rings. The van der Waals surface area contributed by atoms with Gasteiger partial charge in [-0.05, 0) is 68.1 Å². The first-order valence-corrected chi connectivity index (χ1v) is 11.8. The second-order valence-corrected chi connectivity index (χ2v) is 9.75. The molecule has 1 aliphatic rings. The van der Waals surface area contributed by atoms with Crippen molar-refractivity contribution in [1.29, 1.82) is 0 Å². The number of benzene rings is 2. The number of nitrogens with one attached hydrogen (secondary N) is 1. The molecule has 1 atom stereocenters. The molecule has 7 nitrogen and oxygen atoms in total. The van der Waals surface area contributed by atoms with Crippen LogP contribution in [0.5, 0.6) is 11.5 Å². The number of hydrogen-bond donors (Lipinski definition) is 1. The Labute approximate surface area is 184 Å². The van der Waals surface area contributed by atoms with E-state index < -0.39 is 10.0 Å². The smallest absolute Gasteiger partial charge is 0.243 e. The number of hydrogen-bond acceptors (Lipinski definition) is 5. The minimum Gasteiger partial charge on any atom is -0.497 e. The van der Waals surface area contributed by atoms with E-state index in [1.165, 1.54) is 4.31 Å². The fourth-order valence-corrected chi connectivity index (χ4v) is 5.38. The molecule has 3 rings (SSSR count). The van der Waals surface area contributed by atoms with Gasteiger partial charge < -0.3 is 14.8 Å². The normalized spacial score (nSPS) is 16.5. The first-order valence-electron chi connectivity index (χ1n) is 10.4. The van der Waals surface area contributed by atoms with Gasteiger partial charge in [-0.15, -0.1) is 0 Å². The molecule has 1 amide bonds. The van der Waals surface area contributed by atoms with Crippen molar-refractivity contribution in [1.82, 2.24) is 9.62 Å². The summed E-state index contributed by atoms with van der Waals surface area (Å²) < 4.78 is 37.9. The van der Waals surface area contributed by atoms with E-state index in [1.54, 1.807) is 32.4 Å². The molecule has 1 unspecified atom stereocenters. The third kappa shape index (κ3) is 5.19. The van der Waals surface area contributed by atoms with E-state index in [2.05, 4.69) is 5.32 Å². The van der Waals surface area contributed by atoms with Crippen LogP contribution >= 0.6 is 0 Å². The molecule has 1 aliphatic heterocycles. The van der Waals surface area contributed by atoms with E-state index >= 15 is 0 Å². The molecule has 0 aromatic heterocycles. The Hall–Kier alpha value is -2.58. The molecule has 1 N–H and O–H groups in total. The van der Waals surface area contributed by atoms with E-state index in [0.29, 0.717) is 31.7 Å². The van der Waals surface area contributed by atoms with Gasteiger partial charge in [0.1, 0.15) is 11.5 Å². The number of nitrogens with zero attached hydrogens (tertiary/aromatic N) is 1. The fourth-order valence-electron chi connectivity index (χ4n) is 3.83. The lowest BCUT2D eigenvalue weighted by Gasteiger charge is -2.31. The Morgan fingerprint density at radius 2 is 1.71 bits per heavy atom. The van der Waals surface area contributed by atoms with Crippen LogP contribution < -0.4 is 14.8 Å². The summed E-state index contributed by atoms with van der Waals surface area (Å²) in [5, 5.41) is 3.05. The van der Waals surface area contributed by atoms with E-state index in [4.69, 9.17) is 9.47 Å². The van der Waals surface area contributed by atoms with Gasteiger partial charge in [-0.3, -0.25) is 4.79 Å². The number of rotatable bonds is 7. The van der Waals surface area contributed by atoms with Crippen LogP contribution in [-0.2, 0) is 14.8 Å². The highest BCUT2D eigenvalue weighted by Gasteiger charge is 2.32. The van der Waals surface area contributed by atoms with Crippen molar-refractivity contribution < 1.29 is 22.7 Å². The zero-order valence-corrected chi connectivity index (χ0v) is 19.2. The third-order valence-electron chi connectivity index (χ3n) is 5.80. The Morgan fingerprint density at radius 1 is 1.06 bits per heavy atom. The highest BCUT2D eigenvalue weighted by atomic mass is 32.2. The van der Waals surface area contributed by atoms with Crippen molar-refractivity contribution in [2.75, 3.05) is 27.3 Å². The molecule has 0 radical (unpaired) electrons. The van der Waals surface area contributed by atoms with Crippen molar-refractivity contribution in [2.24, 2.45) is 5.92 Å². The molecule has 0 bridgehead atoms. The van der Waals surface area contributed by atoms with E-state index in [0.717, 1.165) is 16.9 Å². The summed E-state index contributed by atoms with van der Waals surface area (Å²) in [5.74, 6) is 1.17. The number of piperidine rings is 1. The molecule has 0 spiro atoms.